The van der Waals surface area contributed by atoms with Crippen molar-refractivity contribution >= 4 is 11.7 Å². The summed E-state index contributed by atoms with van der Waals surface area (Å²) in [4.78, 5) is 24.0. The summed E-state index contributed by atoms with van der Waals surface area (Å²) in [6.45, 7) is 0. The smallest absolute Gasteiger partial charge is 0.269 e. The van der Waals surface area contributed by atoms with Crippen molar-refractivity contribution in [2.45, 2.75) is 12.5 Å². The Labute approximate surface area is 129 Å². The van der Waals surface area contributed by atoms with Crippen LogP contribution in [-0.2, 0) is 4.79 Å². The normalized spacial score (nSPS) is 17.4. The number of allylic oxidation sites excluding steroid dienone is 1. The zero-order valence-corrected chi connectivity index (χ0v) is 12.0. The number of hydrogen-bond donors (Lipinski definition) is 1. The second-order valence-electron chi connectivity index (χ2n) is 5.13. The number of ketones is 1. The first-order chi connectivity index (χ1) is 10.7. The van der Waals surface area contributed by atoms with E-state index >= 15 is 0 Å². The Morgan fingerprint density at radius 3 is 2.32 bits per heavy atom. The van der Waals surface area contributed by atoms with Crippen molar-refractivity contribution in [3.63, 3.8) is 0 Å². The molecule has 1 unspecified atom stereocenters. The predicted octanol–water partition coefficient (Wildman–Crippen LogP) is 2.86. The number of carbonyl (C=O) groups excluding carboxylic acids is 2. The molecule has 4 heteroatoms. The van der Waals surface area contributed by atoms with Crippen molar-refractivity contribution < 1.29 is 9.59 Å². The maximum Gasteiger partial charge on any atom is 0.269 e. The lowest BCUT2D eigenvalue weighted by molar-refractivity contribution is -0.116. The molecule has 1 heterocycles. The van der Waals surface area contributed by atoms with Gasteiger partial charge in [-0.05, 0) is 23.8 Å². The summed E-state index contributed by atoms with van der Waals surface area (Å²) in [6, 6.07) is 18.5. The molecule has 110 valence electrons. The summed E-state index contributed by atoms with van der Waals surface area (Å²) in [5, 5.41) is 1.70. The summed E-state index contributed by atoms with van der Waals surface area (Å²) in [6.07, 6.45) is 3.46. The standard InChI is InChI=1S/C18H16N2O2/c21-16-11-12-20(17(13-16)14-7-3-1-4-8-14)19-18(22)15-9-5-2-6-10-15/h1-12,17H,13H2,(H,19,22). The Hall–Kier alpha value is -2.88. The van der Waals surface area contributed by atoms with Crippen LogP contribution >= 0.6 is 0 Å². The van der Waals surface area contributed by atoms with Gasteiger partial charge in [-0.3, -0.25) is 20.0 Å². The Morgan fingerprint density at radius 2 is 1.64 bits per heavy atom. The zero-order valence-electron chi connectivity index (χ0n) is 12.0. The number of hydrazine groups is 1. The van der Waals surface area contributed by atoms with Crippen LogP contribution in [-0.4, -0.2) is 16.7 Å². The van der Waals surface area contributed by atoms with Crippen LogP contribution in [0.5, 0.6) is 0 Å². The van der Waals surface area contributed by atoms with Gasteiger partial charge in [-0.1, -0.05) is 48.5 Å². The Bertz CT molecular complexity index is 696. The second kappa shape index (κ2) is 6.26. The topological polar surface area (TPSA) is 49.4 Å². The van der Waals surface area contributed by atoms with Gasteiger partial charge in [0.15, 0.2) is 5.78 Å². The van der Waals surface area contributed by atoms with E-state index in [2.05, 4.69) is 5.43 Å². The average Bonchev–Trinajstić information content (AvgIpc) is 2.58. The van der Waals surface area contributed by atoms with Crippen LogP contribution < -0.4 is 5.43 Å². The van der Waals surface area contributed by atoms with Crippen molar-refractivity contribution in [1.29, 1.82) is 0 Å². The van der Waals surface area contributed by atoms with Gasteiger partial charge in [0.05, 0.1) is 6.04 Å². The van der Waals surface area contributed by atoms with E-state index < -0.39 is 0 Å². The molecule has 1 amide bonds. The molecule has 0 saturated heterocycles. The van der Waals surface area contributed by atoms with E-state index in [1.807, 2.05) is 48.5 Å². The van der Waals surface area contributed by atoms with Crippen molar-refractivity contribution in [1.82, 2.24) is 10.4 Å². The van der Waals surface area contributed by atoms with Gasteiger partial charge >= 0.3 is 0 Å². The molecule has 0 radical (unpaired) electrons. The summed E-state index contributed by atoms with van der Waals surface area (Å²) in [7, 11) is 0. The fraction of sp³-hybridized carbons (Fsp3) is 0.111. The van der Waals surface area contributed by atoms with Gasteiger partial charge in [0.1, 0.15) is 0 Å². The monoisotopic (exact) mass is 292 g/mol. The van der Waals surface area contributed by atoms with Crippen LogP contribution in [0.4, 0.5) is 0 Å². The molecule has 0 saturated carbocycles. The van der Waals surface area contributed by atoms with Gasteiger partial charge in [-0.2, -0.15) is 0 Å². The van der Waals surface area contributed by atoms with E-state index in [0.29, 0.717) is 12.0 Å². The molecule has 2 aromatic carbocycles. The number of benzene rings is 2. The molecule has 1 aliphatic heterocycles. The van der Waals surface area contributed by atoms with Crippen LogP contribution in [0.25, 0.3) is 0 Å². The van der Waals surface area contributed by atoms with Gasteiger partial charge in [-0.25, -0.2) is 0 Å². The minimum atomic E-state index is -0.194. The molecule has 0 fully saturated rings. The molecular formula is C18H16N2O2. The number of nitrogens with one attached hydrogen (secondary N) is 1. The number of amides is 1. The Kier molecular flexibility index (Phi) is 4.01. The molecule has 0 aliphatic carbocycles. The largest absolute Gasteiger partial charge is 0.295 e. The van der Waals surface area contributed by atoms with Crippen LogP contribution in [0.1, 0.15) is 28.4 Å². The lowest BCUT2D eigenvalue weighted by atomic mass is 9.99. The van der Waals surface area contributed by atoms with Gasteiger partial charge in [0, 0.05) is 18.2 Å². The maximum atomic E-state index is 12.3. The first-order valence-electron chi connectivity index (χ1n) is 7.14. The molecule has 22 heavy (non-hydrogen) atoms. The third kappa shape index (κ3) is 3.06. The SMILES string of the molecule is O=C1C=CN(NC(=O)c2ccccc2)C(c2ccccc2)C1. The molecule has 3 rings (SSSR count). The summed E-state index contributed by atoms with van der Waals surface area (Å²) < 4.78 is 0. The second-order valence-corrected chi connectivity index (χ2v) is 5.13. The highest BCUT2D eigenvalue weighted by Crippen LogP contribution is 2.26. The summed E-state index contributed by atoms with van der Waals surface area (Å²) in [5.41, 5.74) is 4.44. The molecule has 2 aromatic rings. The predicted molar refractivity (Wildman–Crippen MR) is 83.7 cm³/mol. The molecule has 0 spiro atoms. The fourth-order valence-corrected chi connectivity index (χ4v) is 2.46. The van der Waals surface area contributed by atoms with E-state index in [9.17, 15) is 9.59 Å². The van der Waals surface area contributed by atoms with Crippen LogP contribution in [0.15, 0.2) is 72.9 Å². The highest BCUT2D eigenvalue weighted by Gasteiger charge is 2.25. The first-order valence-corrected chi connectivity index (χ1v) is 7.14. The number of carbonyl (C=O) groups is 2. The van der Waals surface area contributed by atoms with Crippen LogP contribution in [0, 0.1) is 0 Å². The fourth-order valence-electron chi connectivity index (χ4n) is 2.46. The minimum absolute atomic E-state index is 0.0547. The minimum Gasteiger partial charge on any atom is -0.295 e. The number of nitrogens with zero attached hydrogens (tertiary/aromatic N) is 1. The van der Waals surface area contributed by atoms with Gasteiger partial charge in [0.25, 0.3) is 5.91 Å². The van der Waals surface area contributed by atoms with Crippen molar-refractivity contribution in [2.24, 2.45) is 0 Å². The number of rotatable bonds is 3. The van der Waals surface area contributed by atoms with Gasteiger partial charge in [-0.15, -0.1) is 0 Å². The molecule has 4 nitrogen and oxygen atoms in total. The quantitative estimate of drug-likeness (QED) is 0.946. The van der Waals surface area contributed by atoms with E-state index in [1.165, 1.54) is 6.08 Å². The third-order valence-corrected chi connectivity index (χ3v) is 3.60. The molecule has 1 aliphatic rings. The van der Waals surface area contributed by atoms with Gasteiger partial charge < -0.3 is 0 Å². The van der Waals surface area contributed by atoms with E-state index in [1.54, 1.807) is 23.3 Å². The lowest BCUT2D eigenvalue weighted by Crippen LogP contribution is -2.43. The van der Waals surface area contributed by atoms with Gasteiger partial charge in [0.2, 0.25) is 0 Å². The Balaban J connectivity index is 1.82. The Morgan fingerprint density at radius 1 is 1.00 bits per heavy atom. The maximum absolute atomic E-state index is 12.3. The van der Waals surface area contributed by atoms with Crippen LogP contribution in [0.2, 0.25) is 0 Å². The molecule has 1 N–H and O–H groups in total. The van der Waals surface area contributed by atoms with E-state index in [4.69, 9.17) is 0 Å². The third-order valence-electron chi connectivity index (χ3n) is 3.60. The molecule has 1 atom stereocenters. The zero-order chi connectivity index (χ0) is 15.4. The highest BCUT2D eigenvalue weighted by atomic mass is 16.2. The van der Waals surface area contributed by atoms with E-state index in [0.717, 1.165) is 5.56 Å². The van der Waals surface area contributed by atoms with Crippen molar-refractivity contribution in [2.75, 3.05) is 0 Å². The number of hydrogen-bond acceptors (Lipinski definition) is 3. The molecule has 0 aromatic heterocycles. The average molecular weight is 292 g/mol. The highest BCUT2D eigenvalue weighted by molar-refractivity contribution is 5.94. The van der Waals surface area contributed by atoms with Crippen molar-refractivity contribution in [3.8, 4) is 0 Å². The molecular weight excluding hydrogens is 276 g/mol. The van der Waals surface area contributed by atoms with Crippen LogP contribution in [0.3, 0.4) is 0 Å². The van der Waals surface area contributed by atoms with E-state index in [-0.39, 0.29) is 17.7 Å². The first kappa shape index (κ1) is 14.1. The lowest BCUT2D eigenvalue weighted by Gasteiger charge is -2.33. The summed E-state index contributed by atoms with van der Waals surface area (Å²) >= 11 is 0. The molecule has 0 bridgehead atoms. The van der Waals surface area contributed by atoms with Crippen molar-refractivity contribution in [3.05, 3.63) is 84.1 Å². The summed E-state index contributed by atoms with van der Waals surface area (Å²) in [5.74, 6) is -0.139.